The molecule has 8 heteroatoms. The first-order valence-electron chi connectivity index (χ1n) is 11.0. The van der Waals surface area contributed by atoms with Crippen LogP contribution in [0.2, 0.25) is 5.02 Å². The van der Waals surface area contributed by atoms with E-state index in [2.05, 4.69) is 5.32 Å². The molecule has 3 rings (SSSR count). The number of hydrogen-bond donors (Lipinski definition) is 2. The summed E-state index contributed by atoms with van der Waals surface area (Å²) in [6.07, 6.45) is 0.711. The van der Waals surface area contributed by atoms with Crippen LogP contribution in [-0.4, -0.2) is 43.5 Å². The van der Waals surface area contributed by atoms with E-state index in [9.17, 15) is 9.90 Å². The summed E-state index contributed by atoms with van der Waals surface area (Å²) < 4.78 is 18.3. The molecule has 1 heterocycles. The largest absolute Gasteiger partial charge is 0.493 e. The molecule has 0 spiro atoms. The number of carbonyl (C=O) groups is 1. The van der Waals surface area contributed by atoms with Crippen LogP contribution in [0.4, 0.5) is 0 Å². The standard InChI is InChI=1S/C26H31ClN2O5/c1-16-21(14-28-11-10-19-12-22(32-3)25(34-5)23(13-19)33-4)24(26(30)31)17(2)29(16)15-18-6-8-20(27)9-7-18/h6-9,12-13,28H,10-11,14-15H2,1-5H3,(H,30,31). The molecule has 0 aliphatic heterocycles. The van der Waals surface area contributed by atoms with Crippen molar-refractivity contribution in [3.63, 3.8) is 0 Å². The van der Waals surface area contributed by atoms with Gasteiger partial charge in [0, 0.05) is 35.1 Å². The number of carboxylic acids is 1. The van der Waals surface area contributed by atoms with E-state index >= 15 is 0 Å². The van der Waals surface area contributed by atoms with E-state index in [1.165, 1.54) is 0 Å². The van der Waals surface area contributed by atoms with Crippen molar-refractivity contribution in [2.45, 2.75) is 33.4 Å². The Balaban J connectivity index is 1.74. The van der Waals surface area contributed by atoms with Gasteiger partial charge in [0.2, 0.25) is 5.75 Å². The summed E-state index contributed by atoms with van der Waals surface area (Å²) in [6.45, 7) is 5.50. The number of halogens is 1. The molecule has 34 heavy (non-hydrogen) atoms. The fraction of sp³-hybridized carbons (Fsp3) is 0.346. The van der Waals surface area contributed by atoms with Crippen LogP contribution in [0, 0.1) is 13.8 Å². The number of nitrogens with one attached hydrogen (secondary N) is 1. The SMILES string of the molecule is COc1cc(CCNCc2c(C(=O)O)c(C)n(Cc3ccc(Cl)cc3)c2C)cc(OC)c1OC. The Labute approximate surface area is 205 Å². The van der Waals surface area contributed by atoms with Gasteiger partial charge in [0.15, 0.2) is 11.5 Å². The van der Waals surface area contributed by atoms with Gasteiger partial charge in [0.25, 0.3) is 0 Å². The topological polar surface area (TPSA) is 82.0 Å². The smallest absolute Gasteiger partial charge is 0.337 e. The van der Waals surface area contributed by atoms with Crippen LogP contribution in [-0.2, 0) is 19.5 Å². The summed E-state index contributed by atoms with van der Waals surface area (Å²) in [7, 11) is 4.75. The molecular formula is C26H31ClN2O5. The minimum Gasteiger partial charge on any atom is -0.493 e. The van der Waals surface area contributed by atoms with Crippen molar-refractivity contribution in [2.75, 3.05) is 27.9 Å². The number of nitrogens with zero attached hydrogens (tertiary/aromatic N) is 1. The van der Waals surface area contributed by atoms with E-state index in [0.29, 0.717) is 53.9 Å². The number of ether oxygens (including phenoxy) is 3. The Hall–Kier alpha value is -3.16. The van der Waals surface area contributed by atoms with E-state index in [-0.39, 0.29) is 0 Å². The maximum Gasteiger partial charge on any atom is 0.337 e. The second-order valence-corrected chi connectivity index (χ2v) is 8.44. The minimum atomic E-state index is -0.920. The fourth-order valence-corrected chi connectivity index (χ4v) is 4.31. The normalized spacial score (nSPS) is 10.9. The van der Waals surface area contributed by atoms with Crippen LogP contribution >= 0.6 is 11.6 Å². The molecule has 0 radical (unpaired) electrons. The number of aromatic carboxylic acids is 1. The van der Waals surface area contributed by atoms with Crippen LogP contribution in [0.3, 0.4) is 0 Å². The number of carboxylic acid groups (broad SMARTS) is 1. The third-order valence-electron chi connectivity index (χ3n) is 5.99. The summed E-state index contributed by atoms with van der Waals surface area (Å²) in [4.78, 5) is 12.1. The second kappa shape index (κ2) is 11.3. The summed E-state index contributed by atoms with van der Waals surface area (Å²) >= 11 is 6.00. The lowest BCUT2D eigenvalue weighted by Crippen LogP contribution is -2.19. The summed E-state index contributed by atoms with van der Waals surface area (Å²) in [5, 5.41) is 14.0. The van der Waals surface area contributed by atoms with Gasteiger partial charge in [-0.3, -0.25) is 0 Å². The number of aromatic nitrogens is 1. The Kier molecular flexibility index (Phi) is 8.47. The summed E-state index contributed by atoms with van der Waals surface area (Å²) in [5.41, 5.74) is 4.90. The van der Waals surface area contributed by atoms with Crippen molar-refractivity contribution in [3.8, 4) is 17.2 Å². The molecular weight excluding hydrogens is 456 g/mol. The molecule has 1 aromatic heterocycles. The zero-order valence-electron chi connectivity index (χ0n) is 20.2. The van der Waals surface area contributed by atoms with Gasteiger partial charge < -0.3 is 29.2 Å². The van der Waals surface area contributed by atoms with Crippen LogP contribution in [0.25, 0.3) is 0 Å². The number of benzene rings is 2. The monoisotopic (exact) mass is 486 g/mol. The lowest BCUT2D eigenvalue weighted by atomic mass is 10.1. The molecule has 0 unspecified atom stereocenters. The zero-order valence-corrected chi connectivity index (χ0v) is 21.0. The average Bonchev–Trinajstić information content (AvgIpc) is 3.06. The molecule has 0 aliphatic carbocycles. The van der Waals surface area contributed by atoms with E-state index in [1.54, 1.807) is 21.3 Å². The van der Waals surface area contributed by atoms with Crippen LogP contribution in [0.5, 0.6) is 17.2 Å². The van der Waals surface area contributed by atoms with E-state index in [4.69, 9.17) is 25.8 Å². The highest BCUT2D eigenvalue weighted by Gasteiger charge is 2.22. The van der Waals surface area contributed by atoms with Gasteiger partial charge >= 0.3 is 5.97 Å². The van der Waals surface area contributed by atoms with E-state index in [1.807, 2.05) is 54.8 Å². The van der Waals surface area contributed by atoms with Gasteiger partial charge in [-0.2, -0.15) is 0 Å². The van der Waals surface area contributed by atoms with Gasteiger partial charge in [-0.25, -0.2) is 4.79 Å². The molecule has 0 saturated heterocycles. The predicted molar refractivity (Wildman–Crippen MR) is 133 cm³/mol. The molecule has 0 saturated carbocycles. The zero-order chi connectivity index (χ0) is 24.8. The maximum absolute atomic E-state index is 12.1. The maximum atomic E-state index is 12.1. The molecule has 0 aliphatic rings. The summed E-state index contributed by atoms with van der Waals surface area (Å²) in [5.74, 6) is 0.851. The minimum absolute atomic E-state index is 0.353. The molecule has 182 valence electrons. The number of rotatable bonds is 11. The highest BCUT2D eigenvalue weighted by atomic mass is 35.5. The lowest BCUT2D eigenvalue weighted by molar-refractivity contribution is 0.0694. The molecule has 0 fully saturated rings. The molecule has 2 N–H and O–H groups in total. The first kappa shape index (κ1) is 25.5. The molecule has 0 atom stereocenters. The van der Waals surface area contributed by atoms with Gasteiger partial charge in [0.05, 0.1) is 26.9 Å². The van der Waals surface area contributed by atoms with Gasteiger partial charge in [-0.1, -0.05) is 23.7 Å². The first-order valence-corrected chi connectivity index (χ1v) is 11.3. The molecule has 2 aromatic carbocycles. The Morgan fingerprint density at radius 1 is 0.971 bits per heavy atom. The Bertz CT molecular complexity index is 1130. The predicted octanol–water partition coefficient (Wildman–Crippen LogP) is 4.86. The van der Waals surface area contributed by atoms with Crippen molar-refractivity contribution < 1.29 is 24.1 Å². The van der Waals surface area contributed by atoms with Crippen molar-refractivity contribution in [3.05, 3.63) is 75.1 Å². The van der Waals surface area contributed by atoms with Crippen LogP contribution < -0.4 is 19.5 Å². The van der Waals surface area contributed by atoms with Gasteiger partial charge in [-0.05, 0) is 62.2 Å². The molecule has 0 amide bonds. The molecule has 0 bridgehead atoms. The highest BCUT2D eigenvalue weighted by molar-refractivity contribution is 6.30. The fourth-order valence-electron chi connectivity index (χ4n) is 4.18. The highest BCUT2D eigenvalue weighted by Crippen LogP contribution is 2.38. The van der Waals surface area contributed by atoms with Crippen LogP contribution in [0.15, 0.2) is 36.4 Å². The Morgan fingerprint density at radius 3 is 2.12 bits per heavy atom. The number of methoxy groups -OCH3 is 3. The number of hydrogen-bond acceptors (Lipinski definition) is 5. The van der Waals surface area contributed by atoms with Crippen molar-refractivity contribution in [1.82, 2.24) is 9.88 Å². The third-order valence-corrected chi connectivity index (χ3v) is 6.25. The van der Waals surface area contributed by atoms with Crippen LogP contribution in [0.1, 0.15) is 38.4 Å². The summed E-state index contributed by atoms with van der Waals surface area (Å²) in [6, 6.07) is 11.4. The van der Waals surface area contributed by atoms with Gasteiger partial charge in [0.1, 0.15) is 0 Å². The lowest BCUT2D eigenvalue weighted by Gasteiger charge is -2.14. The van der Waals surface area contributed by atoms with E-state index in [0.717, 1.165) is 28.1 Å². The molecule has 7 nitrogen and oxygen atoms in total. The first-order chi connectivity index (χ1) is 16.3. The quantitative estimate of drug-likeness (QED) is 0.376. The molecule has 3 aromatic rings. The van der Waals surface area contributed by atoms with Crippen molar-refractivity contribution in [2.24, 2.45) is 0 Å². The van der Waals surface area contributed by atoms with Gasteiger partial charge in [-0.15, -0.1) is 0 Å². The van der Waals surface area contributed by atoms with Crippen molar-refractivity contribution >= 4 is 17.6 Å². The third kappa shape index (κ3) is 5.48. The second-order valence-electron chi connectivity index (χ2n) is 8.00. The average molecular weight is 487 g/mol. The van der Waals surface area contributed by atoms with E-state index < -0.39 is 5.97 Å². The Morgan fingerprint density at radius 2 is 1.59 bits per heavy atom. The van der Waals surface area contributed by atoms with Crippen molar-refractivity contribution in [1.29, 1.82) is 0 Å².